The molecule has 0 bridgehead atoms. The first kappa shape index (κ1) is 44.5. The van der Waals surface area contributed by atoms with Crippen LogP contribution in [0.25, 0.3) is 0 Å². The Balaban J connectivity index is -0.0000000112. The average Bonchev–Trinajstić information content (AvgIpc) is 1.25. The molecule has 0 aromatic carbocycles. The molecule has 0 unspecified atom stereocenters. The van der Waals surface area contributed by atoms with E-state index in [0.29, 0.717) is 0 Å². The molecule has 0 aromatic rings. The Morgan fingerprint density at radius 2 is 0.667 bits per heavy atom. The van der Waals surface area contributed by atoms with Gasteiger partial charge in [-0.05, 0) is 0 Å². The molecule has 72 valence electrons. The van der Waals surface area contributed by atoms with E-state index >= 15 is 0 Å². The number of rotatable bonds is 0. The van der Waals surface area contributed by atoms with Crippen LogP contribution in [0.4, 0.5) is 0 Å². The Labute approximate surface area is 77.5 Å². The first-order chi connectivity index (χ1) is 3.46. The van der Waals surface area contributed by atoms with Crippen molar-refractivity contribution in [2.24, 2.45) is 0 Å². The number of hydrogen-bond donors (Lipinski definition) is 0. The van der Waals surface area contributed by atoms with Gasteiger partial charge in [0.05, 0.1) is 10.2 Å². The normalized spacial score (nSPS) is 4.00. The SMILES string of the molecule is O.O.O.O=[N+]([O-])[O-].O=[N+]([O-])[O-].[Zn+2]. The van der Waals surface area contributed by atoms with Crippen LogP contribution in [0.1, 0.15) is 0 Å². The van der Waals surface area contributed by atoms with E-state index in [9.17, 15) is 0 Å². The predicted molar refractivity (Wildman–Crippen MR) is 31.6 cm³/mol. The van der Waals surface area contributed by atoms with Crippen LogP contribution in [-0.2, 0) is 19.5 Å². The third kappa shape index (κ3) is 462. The fraction of sp³-hybridized carbons (Fsp3) is 0. The van der Waals surface area contributed by atoms with Gasteiger partial charge in [0.1, 0.15) is 0 Å². The maximum atomic E-state index is 8.25. The largest absolute Gasteiger partial charge is 2.00 e. The Hall–Kier alpha value is -1.10. The Morgan fingerprint density at radius 1 is 0.667 bits per heavy atom. The fourth-order valence-electron chi connectivity index (χ4n) is 0. The molecule has 6 N–H and O–H groups in total. The smallest absolute Gasteiger partial charge is 0.412 e. The van der Waals surface area contributed by atoms with E-state index in [2.05, 4.69) is 0 Å². The molecular weight excluding hydrogens is 237 g/mol. The molecule has 12 heteroatoms. The molecule has 0 aliphatic heterocycles. The van der Waals surface area contributed by atoms with E-state index in [1.54, 1.807) is 0 Å². The van der Waals surface area contributed by atoms with Crippen LogP contribution in [0.2, 0.25) is 0 Å². The second-order valence-electron chi connectivity index (χ2n) is 0.447. The van der Waals surface area contributed by atoms with E-state index in [0.717, 1.165) is 0 Å². The molecule has 0 heterocycles. The van der Waals surface area contributed by atoms with Crippen LogP contribution < -0.4 is 0 Å². The maximum absolute atomic E-state index is 8.25. The van der Waals surface area contributed by atoms with Crippen molar-refractivity contribution in [3.63, 3.8) is 0 Å². The average molecular weight is 243 g/mol. The molecule has 0 aromatic heterocycles. The number of nitrogens with zero attached hydrogens (tertiary/aromatic N) is 2. The molecule has 0 saturated heterocycles. The molecular formula is H6N2O9Zn. The molecule has 0 atom stereocenters. The maximum Gasteiger partial charge on any atom is 2.00 e. The van der Waals surface area contributed by atoms with Crippen molar-refractivity contribution >= 4 is 0 Å². The summed E-state index contributed by atoms with van der Waals surface area (Å²) in [5.41, 5.74) is 0. The monoisotopic (exact) mass is 242 g/mol. The van der Waals surface area contributed by atoms with E-state index in [4.69, 9.17) is 30.6 Å². The predicted octanol–water partition coefficient (Wildman–Crippen LogP) is -2.95. The van der Waals surface area contributed by atoms with E-state index in [1.807, 2.05) is 0 Å². The topological polar surface area (TPSA) is 227 Å². The van der Waals surface area contributed by atoms with Crippen molar-refractivity contribution in [2.45, 2.75) is 0 Å². The van der Waals surface area contributed by atoms with Crippen molar-refractivity contribution in [3.8, 4) is 0 Å². The quantitative estimate of drug-likeness (QED) is 0.245. The molecule has 0 amide bonds. The molecule has 12 heavy (non-hydrogen) atoms. The van der Waals surface area contributed by atoms with Gasteiger partial charge in [-0.3, -0.25) is 0 Å². The zero-order valence-electron chi connectivity index (χ0n) is 5.55. The molecule has 0 rings (SSSR count). The van der Waals surface area contributed by atoms with E-state index < -0.39 is 10.2 Å². The van der Waals surface area contributed by atoms with Crippen LogP contribution in [0.3, 0.4) is 0 Å². The van der Waals surface area contributed by atoms with Gasteiger partial charge in [0, 0.05) is 0 Å². The Kier molecular flexibility index (Phi) is 121. The summed E-state index contributed by atoms with van der Waals surface area (Å²) in [5, 5.41) is 29.5. The van der Waals surface area contributed by atoms with Gasteiger partial charge in [-0.1, -0.05) is 0 Å². The van der Waals surface area contributed by atoms with Gasteiger partial charge in [-0.2, -0.15) is 0 Å². The van der Waals surface area contributed by atoms with E-state index in [1.165, 1.54) is 0 Å². The molecule has 0 fully saturated rings. The third-order valence-electron chi connectivity index (χ3n) is 0. The van der Waals surface area contributed by atoms with Crippen LogP contribution in [0, 0.1) is 30.6 Å². The molecule has 0 saturated carbocycles. The minimum Gasteiger partial charge on any atom is -0.412 e. The second kappa shape index (κ2) is 32.7. The van der Waals surface area contributed by atoms with Gasteiger partial charge in [-0.25, -0.2) is 0 Å². The summed E-state index contributed by atoms with van der Waals surface area (Å²) in [7, 11) is 0. The molecule has 0 aliphatic carbocycles. The van der Waals surface area contributed by atoms with Gasteiger partial charge < -0.3 is 47.1 Å². The minimum absolute atomic E-state index is 0. The third-order valence-corrected chi connectivity index (χ3v) is 0. The van der Waals surface area contributed by atoms with Crippen molar-refractivity contribution in [1.82, 2.24) is 0 Å². The van der Waals surface area contributed by atoms with Crippen molar-refractivity contribution in [3.05, 3.63) is 30.6 Å². The molecule has 0 spiro atoms. The van der Waals surface area contributed by atoms with Gasteiger partial charge in [0.15, 0.2) is 0 Å². The van der Waals surface area contributed by atoms with Crippen molar-refractivity contribution in [2.75, 3.05) is 0 Å². The minimum atomic E-state index is -1.75. The molecule has 0 radical (unpaired) electrons. The second-order valence-corrected chi connectivity index (χ2v) is 0.447. The Bertz CT molecular complexity index is 70.5. The van der Waals surface area contributed by atoms with Crippen molar-refractivity contribution < 1.29 is 46.1 Å². The number of hydrogen-bond acceptors (Lipinski definition) is 6. The fourth-order valence-corrected chi connectivity index (χ4v) is 0. The van der Waals surface area contributed by atoms with Gasteiger partial charge >= 0.3 is 19.5 Å². The molecule has 11 nitrogen and oxygen atoms in total. The van der Waals surface area contributed by atoms with Gasteiger partial charge in [-0.15, -0.1) is 0 Å². The first-order valence-corrected chi connectivity index (χ1v) is 1.10. The van der Waals surface area contributed by atoms with Crippen molar-refractivity contribution in [1.29, 1.82) is 0 Å². The summed E-state index contributed by atoms with van der Waals surface area (Å²) >= 11 is 0. The standard InChI is InChI=1S/2NO3.3H2O.Zn/c2*2-1(3)4;;;;/h;;3*1H2;/q2*-1;;;;+2. The summed E-state index contributed by atoms with van der Waals surface area (Å²) in [6, 6.07) is 0. The summed E-state index contributed by atoms with van der Waals surface area (Å²) in [5.74, 6) is 0. The summed E-state index contributed by atoms with van der Waals surface area (Å²) in [4.78, 5) is 16.5. The van der Waals surface area contributed by atoms with Crippen LogP contribution in [0.5, 0.6) is 0 Å². The summed E-state index contributed by atoms with van der Waals surface area (Å²) < 4.78 is 0. The van der Waals surface area contributed by atoms with Crippen LogP contribution in [-0.4, -0.2) is 26.6 Å². The zero-order chi connectivity index (χ0) is 7.15. The first-order valence-electron chi connectivity index (χ1n) is 1.10. The Morgan fingerprint density at radius 3 is 0.667 bits per heavy atom. The van der Waals surface area contributed by atoms with Crippen LogP contribution >= 0.6 is 0 Å². The molecule has 0 aliphatic rings. The van der Waals surface area contributed by atoms with E-state index in [-0.39, 0.29) is 35.9 Å². The summed E-state index contributed by atoms with van der Waals surface area (Å²) in [6.45, 7) is 0. The van der Waals surface area contributed by atoms with Gasteiger partial charge in [0.2, 0.25) is 0 Å². The summed E-state index contributed by atoms with van der Waals surface area (Å²) in [6.07, 6.45) is 0. The van der Waals surface area contributed by atoms with Gasteiger partial charge in [0.25, 0.3) is 0 Å². The van der Waals surface area contributed by atoms with Crippen LogP contribution in [0.15, 0.2) is 0 Å². The zero-order valence-corrected chi connectivity index (χ0v) is 8.52.